The van der Waals surface area contributed by atoms with E-state index >= 15 is 0 Å². The molecule has 1 amide bonds. The Labute approximate surface area is 141 Å². The predicted molar refractivity (Wildman–Crippen MR) is 90.9 cm³/mol. The van der Waals surface area contributed by atoms with Crippen LogP contribution in [0.5, 0.6) is 5.75 Å². The van der Waals surface area contributed by atoms with Crippen molar-refractivity contribution in [1.82, 2.24) is 9.88 Å². The Morgan fingerprint density at radius 2 is 1.92 bits per heavy atom. The highest BCUT2D eigenvalue weighted by Gasteiger charge is 2.32. The molecule has 1 aliphatic heterocycles. The number of aliphatic hydroxyl groups is 1. The number of amides is 1. The number of aromatic nitrogens is 1. The van der Waals surface area contributed by atoms with Crippen LogP contribution in [-0.2, 0) is 0 Å². The van der Waals surface area contributed by atoms with E-state index in [0.717, 1.165) is 12.2 Å². The topological polar surface area (TPSA) is 62.7 Å². The molecule has 0 spiro atoms. The minimum absolute atomic E-state index is 0.0798. The molecule has 1 atom stereocenters. The van der Waals surface area contributed by atoms with E-state index < -0.39 is 5.60 Å². The highest BCUT2D eigenvalue weighted by atomic mass is 16.5. The summed E-state index contributed by atoms with van der Waals surface area (Å²) < 4.78 is 5.72. The normalized spacial score (nSPS) is 21.1. The van der Waals surface area contributed by atoms with Crippen LogP contribution in [0, 0.1) is 0 Å². The van der Waals surface area contributed by atoms with E-state index in [1.54, 1.807) is 23.2 Å². The van der Waals surface area contributed by atoms with Crippen molar-refractivity contribution in [3.05, 3.63) is 60.4 Å². The maximum atomic E-state index is 12.5. The van der Waals surface area contributed by atoms with Gasteiger partial charge in [0.25, 0.3) is 5.91 Å². The van der Waals surface area contributed by atoms with Gasteiger partial charge in [0.15, 0.2) is 0 Å². The largest absolute Gasteiger partial charge is 0.491 e. The lowest BCUT2D eigenvalue weighted by Gasteiger charge is -2.27. The van der Waals surface area contributed by atoms with Crippen molar-refractivity contribution in [3.8, 4) is 5.75 Å². The molecule has 1 fully saturated rings. The van der Waals surface area contributed by atoms with E-state index in [2.05, 4.69) is 4.98 Å². The molecule has 0 radical (unpaired) electrons. The van der Waals surface area contributed by atoms with Crippen molar-refractivity contribution in [3.63, 3.8) is 0 Å². The van der Waals surface area contributed by atoms with Gasteiger partial charge in [0.2, 0.25) is 0 Å². The fraction of sp³-hybridized carbons (Fsp3) is 0.368. The zero-order valence-electron chi connectivity index (χ0n) is 13.6. The van der Waals surface area contributed by atoms with Gasteiger partial charge in [0.1, 0.15) is 23.7 Å². The van der Waals surface area contributed by atoms with Crippen molar-refractivity contribution < 1.29 is 14.6 Å². The predicted octanol–water partition coefficient (Wildman–Crippen LogP) is 2.52. The summed E-state index contributed by atoms with van der Waals surface area (Å²) in [6.45, 7) is 1.37. The summed E-state index contributed by atoms with van der Waals surface area (Å²) in [5.74, 6) is 0.667. The minimum atomic E-state index is -0.908. The van der Waals surface area contributed by atoms with Crippen LogP contribution < -0.4 is 4.74 Å². The summed E-state index contributed by atoms with van der Waals surface area (Å²) in [4.78, 5) is 18.4. The molecule has 1 aliphatic rings. The number of carbonyl (C=O) groups is 1. The molecule has 1 N–H and O–H groups in total. The average Bonchev–Trinajstić information content (AvgIpc) is 2.83. The number of rotatable bonds is 4. The Bertz CT molecular complexity index is 663. The molecule has 0 aliphatic carbocycles. The molecule has 1 aromatic carbocycles. The molecule has 3 rings (SSSR count). The number of likely N-dealkylation sites (tertiary alicyclic amines) is 1. The van der Waals surface area contributed by atoms with Gasteiger partial charge in [-0.25, -0.2) is 0 Å². The second-order valence-electron chi connectivity index (χ2n) is 6.19. The fourth-order valence-electron chi connectivity index (χ4n) is 2.91. The first-order valence-electron chi connectivity index (χ1n) is 8.27. The first-order chi connectivity index (χ1) is 11.7. The summed E-state index contributed by atoms with van der Waals surface area (Å²) in [5.41, 5.74) is -0.460. The van der Waals surface area contributed by atoms with Crippen LogP contribution in [-0.4, -0.2) is 46.2 Å². The van der Waals surface area contributed by atoms with E-state index in [9.17, 15) is 9.90 Å². The molecular formula is C19H22N2O3. The van der Waals surface area contributed by atoms with Crippen LogP contribution >= 0.6 is 0 Å². The van der Waals surface area contributed by atoms with Crippen LogP contribution in [0.1, 0.15) is 29.8 Å². The number of nitrogens with zero attached hydrogens (tertiary/aromatic N) is 2. The second kappa shape index (κ2) is 7.45. The number of pyridine rings is 1. The number of benzene rings is 1. The number of para-hydroxylation sites is 1. The first-order valence-corrected chi connectivity index (χ1v) is 8.27. The molecule has 0 saturated carbocycles. The summed E-state index contributed by atoms with van der Waals surface area (Å²) in [6, 6.07) is 14.8. The smallest absolute Gasteiger partial charge is 0.272 e. The van der Waals surface area contributed by atoms with Gasteiger partial charge in [-0.15, -0.1) is 0 Å². The molecule has 1 saturated heterocycles. The van der Waals surface area contributed by atoms with Gasteiger partial charge in [0.05, 0.1) is 0 Å². The van der Waals surface area contributed by atoms with Gasteiger partial charge in [-0.1, -0.05) is 24.3 Å². The quantitative estimate of drug-likeness (QED) is 0.938. The molecular weight excluding hydrogens is 304 g/mol. The van der Waals surface area contributed by atoms with Crippen LogP contribution in [0.3, 0.4) is 0 Å². The highest BCUT2D eigenvalue weighted by molar-refractivity contribution is 5.92. The molecule has 2 heterocycles. The third kappa shape index (κ3) is 4.11. The fourth-order valence-corrected chi connectivity index (χ4v) is 2.91. The average molecular weight is 326 g/mol. The van der Waals surface area contributed by atoms with Gasteiger partial charge >= 0.3 is 0 Å². The summed E-state index contributed by atoms with van der Waals surface area (Å²) >= 11 is 0. The number of hydrogen-bond donors (Lipinski definition) is 1. The van der Waals surface area contributed by atoms with Gasteiger partial charge in [-0.05, 0) is 43.5 Å². The minimum Gasteiger partial charge on any atom is -0.491 e. The Balaban J connectivity index is 1.59. The SMILES string of the molecule is O=C(c1ccccn1)N1CCCC(O)(COc2ccccc2)CC1. The van der Waals surface area contributed by atoms with E-state index in [-0.39, 0.29) is 12.5 Å². The summed E-state index contributed by atoms with van der Waals surface area (Å²) in [5, 5.41) is 10.8. The molecule has 1 aromatic heterocycles. The molecule has 5 nitrogen and oxygen atoms in total. The maximum absolute atomic E-state index is 12.5. The highest BCUT2D eigenvalue weighted by Crippen LogP contribution is 2.24. The third-order valence-electron chi connectivity index (χ3n) is 4.34. The number of hydrogen-bond acceptors (Lipinski definition) is 4. The molecule has 24 heavy (non-hydrogen) atoms. The van der Waals surface area contributed by atoms with Crippen LogP contribution in [0.2, 0.25) is 0 Å². The van der Waals surface area contributed by atoms with Crippen LogP contribution in [0.15, 0.2) is 54.7 Å². The van der Waals surface area contributed by atoms with Crippen molar-refractivity contribution in [2.24, 2.45) is 0 Å². The number of carbonyl (C=O) groups excluding carboxylic acids is 1. The standard InChI is InChI=1S/C19H22N2O3/c22-18(17-9-4-5-12-20-17)21-13-6-10-19(23,11-14-21)15-24-16-7-2-1-3-8-16/h1-5,7-9,12,23H,6,10-11,13-15H2. The molecule has 1 unspecified atom stereocenters. The monoisotopic (exact) mass is 326 g/mol. The van der Waals surface area contributed by atoms with E-state index in [1.165, 1.54) is 0 Å². The lowest BCUT2D eigenvalue weighted by Crippen LogP contribution is -2.38. The molecule has 2 aromatic rings. The Kier molecular flexibility index (Phi) is 5.11. The lowest BCUT2D eigenvalue weighted by molar-refractivity contribution is -0.0163. The van der Waals surface area contributed by atoms with E-state index in [0.29, 0.717) is 31.6 Å². The second-order valence-corrected chi connectivity index (χ2v) is 6.19. The van der Waals surface area contributed by atoms with E-state index in [1.807, 2.05) is 36.4 Å². The van der Waals surface area contributed by atoms with Crippen molar-refractivity contribution in [1.29, 1.82) is 0 Å². The third-order valence-corrected chi connectivity index (χ3v) is 4.34. The van der Waals surface area contributed by atoms with Crippen molar-refractivity contribution in [2.75, 3.05) is 19.7 Å². The Hall–Kier alpha value is -2.40. The van der Waals surface area contributed by atoms with Gasteiger partial charge < -0.3 is 14.7 Å². The lowest BCUT2D eigenvalue weighted by atomic mass is 9.96. The zero-order chi connectivity index (χ0) is 16.8. The van der Waals surface area contributed by atoms with Crippen LogP contribution in [0.4, 0.5) is 0 Å². The zero-order valence-corrected chi connectivity index (χ0v) is 13.6. The number of ether oxygens (including phenoxy) is 1. The Morgan fingerprint density at radius 1 is 1.12 bits per heavy atom. The van der Waals surface area contributed by atoms with E-state index in [4.69, 9.17) is 4.74 Å². The van der Waals surface area contributed by atoms with Crippen molar-refractivity contribution >= 4 is 5.91 Å². The summed E-state index contributed by atoms with van der Waals surface area (Å²) in [7, 11) is 0. The Morgan fingerprint density at radius 3 is 2.67 bits per heavy atom. The molecule has 0 bridgehead atoms. The summed E-state index contributed by atoms with van der Waals surface area (Å²) in [6.07, 6.45) is 3.48. The maximum Gasteiger partial charge on any atom is 0.272 e. The molecule has 126 valence electrons. The molecule has 5 heteroatoms. The first kappa shape index (κ1) is 16.5. The van der Waals surface area contributed by atoms with Crippen LogP contribution in [0.25, 0.3) is 0 Å². The van der Waals surface area contributed by atoms with Gasteiger partial charge in [0, 0.05) is 19.3 Å². The van der Waals surface area contributed by atoms with Gasteiger partial charge in [-0.3, -0.25) is 9.78 Å². The van der Waals surface area contributed by atoms with Crippen molar-refractivity contribution in [2.45, 2.75) is 24.9 Å². The van der Waals surface area contributed by atoms with Gasteiger partial charge in [-0.2, -0.15) is 0 Å².